The number of sulfonamides is 1. The van der Waals surface area contributed by atoms with Crippen LogP contribution in [0, 0.1) is 0 Å². The number of ether oxygens (including phenoxy) is 2. The summed E-state index contributed by atoms with van der Waals surface area (Å²) >= 11 is 12.0. The van der Waals surface area contributed by atoms with E-state index in [1.807, 2.05) is 0 Å². The second kappa shape index (κ2) is 9.92. The minimum absolute atomic E-state index is 0.0277. The minimum atomic E-state index is -3.93. The summed E-state index contributed by atoms with van der Waals surface area (Å²) in [5.41, 5.74) is 0.206. The number of hydrogen-bond donors (Lipinski definition) is 1. The lowest BCUT2D eigenvalue weighted by Gasteiger charge is -2.26. The Balaban J connectivity index is 1.74. The van der Waals surface area contributed by atoms with Crippen molar-refractivity contribution in [2.45, 2.75) is 17.9 Å². The first-order valence-electron chi connectivity index (χ1n) is 9.20. The minimum Gasteiger partial charge on any atom is -0.449 e. The lowest BCUT2D eigenvalue weighted by molar-refractivity contribution is -0.123. The highest BCUT2D eigenvalue weighted by atomic mass is 35.5. The Morgan fingerprint density at radius 2 is 1.94 bits per heavy atom. The molecule has 0 aliphatic carbocycles. The van der Waals surface area contributed by atoms with Crippen molar-refractivity contribution in [3.63, 3.8) is 0 Å². The highest BCUT2D eigenvalue weighted by molar-refractivity contribution is 7.89. The van der Waals surface area contributed by atoms with Crippen LogP contribution in [0.2, 0.25) is 10.2 Å². The molecule has 31 heavy (non-hydrogen) atoms. The van der Waals surface area contributed by atoms with Crippen LogP contribution in [0.3, 0.4) is 0 Å². The largest absolute Gasteiger partial charge is 0.449 e. The fourth-order valence-corrected chi connectivity index (χ4v) is 4.82. The number of hydrogen-bond acceptors (Lipinski definition) is 7. The van der Waals surface area contributed by atoms with Crippen molar-refractivity contribution in [2.24, 2.45) is 0 Å². The Hall–Kier alpha value is -2.24. The van der Waals surface area contributed by atoms with Gasteiger partial charge in [-0.3, -0.25) is 4.79 Å². The fourth-order valence-electron chi connectivity index (χ4n) is 2.75. The van der Waals surface area contributed by atoms with E-state index in [-0.39, 0.29) is 52.6 Å². The second-order valence-corrected chi connectivity index (χ2v) is 9.21. The number of anilines is 1. The molecule has 1 amide bonds. The maximum absolute atomic E-state index is 12.9. The molecule has 0 spiro atoms. The molecule has 1 N–H and O–H groups in total. The van der Waals surface area contributed by atoms with E-state index in [1.54, 1.807) is 12.1 Å². The molecule has 1 unspecified atom stereocenters. The van der Waals surface area contributed by atoms with E-state index >= 15 is 0 Å². The Labute approximate surface area is 189 Å². The summed E-state index contributed by atoms with van der Waals surface area (Å²) in [6, 6.07) is 6.89. The van der Waals surface area contributed by atoms with Crippen molar-refractivity contribution >= 4 is 50.8 Å². The quantitative estimate of drug-likeness (QED) is 0.491. The van der Waals surface area contributed by atoms with Gasteiger partial charge in [-0.25, -0.2) is 18.2 Å². The molecule has 1 atom stereocenters. The monoisotopic (exact) mass is 487 g/mol. The van der Waals surface area contributed by atoms with Gasteiger partial charge in [-0.2, -0.15) is 4.31 Å². The zero-order chi connectivity index (χ0) is 22.6. The van der Waals surface area contributed by atoms with Gasteiger partial charge < -0.3 is 14.8 Å². The number of rotatable bonds is 6. The lowest BCUT2D eigenvalue weighted by atomic mass is 10.2. The molecule has 2 heterocycles. The van der Waals surface area contributed by atoms with Crippen LogP contribution in [0.25, 0.3) is 0 Å². The number of benzene rings is 1. The van der Waals surface area contributed by atoms with Gasteiger partial charge in [0.2, 0.25) is 10.0 Å². The molecule has 0 saturated carbocycles. The zero-order valence-corrected chi connectivity index (χ0v) is 18.7. The summed E-state index contributed by atoms with van der Waals surface area (Å²) in [5.74, 6) is -1.51. The summed E-state index contributed by atoms with van der Waals surface area (Å²) in [4.78, 5) is 28.5. The van der Waals surface area contributed by atoms with Crippen LogP contribution in [0.15, 0.2) is 41.4 Å². The number of aromatic nitrogens is 1. The van der Waals surface area contributed by atoms with Gasteiger partial charge in [0.15, 0.2) is 11.3 Å². The van der Waals surface area contributed by atoms with Crippen LogP contribution >= 0.6 is 23.2 Å². The Kier molecular flexibility index (Phi) is 7.50. The smallest absolute Gasteiger partial charge is 0.338 e. The fraction of sp³-hybridized carbons (Fsp3) is 0.316. The van der Waals surface area contributed by atoms with Gasteiger partial charge in [-0.1, -0.05) is 23.2 Å². The SMILES string of the molecule is CC(OC(=O)c1ccc(Cl)c(S(=O)(=O)N2CCOCC2)c1)C(=O)Nc1cccnc1Cl. The molecule has 12 heteroatoms. The van der Waals surface area contributed by atoms with Gasteiger partial charge >= 0.3 is 5.97 Å². The van der Waals surface area contributed by atoms with E-state index in [9.17, 15) is 18.0 Å². The predicted molar refractivity (Wildman–Crippen MR) is 114 cm³/mol. The van der Waals surface area contributed by atoms with Crippen molar-refractivity contribution < 1.29 is 27.5 Å². The molecule has 9 nitrogen and oxygen atoms in total. The van der Waals surface area contributed by atoms with Gasteiger partial charge in [0, 0.05) is 19.3 Å². The maximum atomic E-state index is 12.9. The molecule has 1 aromatic carbocycles. The molecule has 0 radical (unpaired) electrons. The molecule has 1 fully saturated rings. The number of nitrogens with one attached hydrogen (secondary N) is 1. The molecule has 3 rings (SSSR count). The lowest BCUT2D eigenvalue weighted by Crippen LogP contribution is -2.40. The van der Waals surface area contributed by atoms with Crippen molar-refractivity contribution in [1.29, 1.82) is 0 Å². The number of pyridine rings is 1. The molecular formula is C19H19Cl2N3O6S. The van der Waals surface area contributed by atoms with Crippen molar-refractivity contribution in [3.05, 3.63) is 52.3 Å². The molecule has 0 bridgehead atoms. The van der Waals surface area contributed by atoms with Gasteiger partial charge in [0.1, 0.15) is 4.90 Å². The molecule has 2 aromatic rings. The average molecular weight is 488 g/mol. The summed E-state index contributed by atoms with van der Waals surface area (Å²) in [7, 11) is -3.93. The molecule has 166 valence electrons. The number of carbonyl (C=O) groups excluding carboxylic acids is 2. The number of nitrogens with zero attached hydrogens (tertiary/aromatic N) is 2. The van der Waals surface area contributed by atoms with E-state index in [4.69, 9.17) is 32.7 Å². The van der Waals surface area contributed by atoms with Gasteiger partial charge in [0.25, 0.3) is 5.91 Å². The third-order valence-corrected chi connectivity index (χ3v) is 7.11. The molecule has 1 aliphatic heterocycles. The topological polar surface area (TPSA) is 115 Å². The predicted octanol–water partition coefficient (Wildman–Crippen LogP) is 2.59. The zero-order valence-electron chi connectivity index (χ0n) is 16.4. The Morgan fingerprint density at radius 3 is 2.61 bits per heavy atom. The molecule has 1 saturated heterocycles. The van der Waals surface area contributed by atoms with Crippen molar-refractivity contribution in [1.82, 2.24) is 9.29 Å². The normalized spacial score (nSPS) is 15.8. The van der Waals surface area contributed by atoms with E-state index < -0.39 is 28.0 Å². The van der Waals surface area contributed by atoms with Crippen molar-refractivity contribution in [3.8, 4) is 0 Å². The number of carbonyl (C=O) groups is 2. The number of esters is 1. The summed E-state index contributed by atoms with van der Waals surface area (Å²) < 4.78 is 37.4. The number of amides is 1. The van der Waals surface area contributed by atoms with E-state index in [0.29, 0.717) is 0 Å². The molecule has 1 aromatic heterocycles. The van der Waals surface area contributed by atoms with Crippen LogP contribution < -0.4 is 5.32 Å². The van der Waals surface area contributed by atoms with Gasteiger partial charge in [-0.15, -0.1) is 0 Å². The summed E-state index contributed by atoms with van der Waals surface area (Å²) in [5, 5.41) is 2.57. The standard InChI is InChI=1S/C19H19Cl2N3O6S/c1-12(18(25)23-15-3-2-6-22-17(15)21)30-19(26)13-4-5-14(20)16(11-13)31(27,28)24-7-9-29-10-8-24/h2-6,11-12H,7-10H2,1H3,(H,23,25). The highest BCUT2D eigenvalue weighted by Crippen LogP contribution is 2.27. The third-order valence-electron chi connectivity index (χ3n) is 4.42. The van der Waals surface area contributed by atoms with E-state index in [1.165, 1.54) is 29.6 Å². The molecular weight excluding hydrogens is 469 g/mol. The van der Waals surface area contributed by atoms with Crippen LogP contribution in [0.1, 0.15) is 17.3 Å². The van der Waals surface area contributed by atoms with Crippen LogP contribution in [-0.2, 0) is 24.3 Å². The first kappa shape index (κ1) is 23.4. The molecule has 1 aliphatic rings. The van der Waals surface area contributed by atoms with Crippen molar-refractivity contribution in [2.75, 3.05) is 31.6 Å². The van der Waals surface area contributed by atoms with Crippen LogP contribution in [0.5, 0.6) is 0 Å². The summed E-state index contributed by atoms with van der Waals surface area (Å²) in [6.07, 6.45) is 0.281. The Bertz CT molecular complexity index is 1090. The first-order chi connectivity index (χ1) is 14.7. The van der Waals surface area contributed by atoms with Crippen LogP contribution in [-0.4, -0.2) is 62.0 Å². The van der Waals surface area contributed by atoms with E-state index in [2.05, 4.69) is 10.3 Å². The van der Waals surface area contributed by atoms with Gasteiger partial charge in [-0.05, 0) is 37.3 Å². The Morgan fingerprint density at radius 1 is 1.23 bits per heavy atom. The maximum Gasteiger partial charge on any atom is 0.338 e. The number of morpholine rings is 1. The van der Waals surface area contributed by atoms with Crippen LogP contribution in [0.4, 0.5) is 5.69 Å². The number of halogens is 2. The average Bonchev–Trinajstić information content (AvgIpc) is 2.76. The van der Waals surface area contributed by atoms with E-state index in [0.717, 1.165) is 6.07 Å². The second-order valence-electron chi connectivity index (χ2n) is 6.54. The summed E-state index contributed by atoms with van der Waals surface area (Å²) in [6.45, 7) is 2.28. The third kappa shape index (κ3) is 5.52. The van der Waals surface area contributed by atoms with Gasteiger partial charge in [0.05, 0.1) is 29.5 Å². The first-order valence-corrected chi connectivity index (χ1v) is 11.4. The highest BCUT2D eigenvalue weighted by Gasteiger charge is 2.30.